The van der Waals surface area contributed by atoms with Crippen LogP contribution in [0.4, 0.5) is 5.69 Å². The molecule has 10 rings (SSSR count). The van der Waals surface area contributed by atoms with E-state index in [4.69, 9.17) is 11.6 Å². The number of hydrogen-bond acceptors (Lipinski definition) is 3. The Labute approximate surface area is 322 Å². The monoisotopic (exact) mass is 712 g/mol. The maximum absolute atomic E-state index is 10.1. The molecule has 6 heteroatoms. The second-order valence-electron chi connectivity index (χ2n) is 13.8. The van der Waals surface area contributed by atoms with E-state index in [0.29, 0.717) is 16.8 Å². The average Bonchev–Trinajstić information content (AvgIpc) is 3.78. The number of rotatable bonds is 5. The predicted molar refractivity (Wildman–Crippen MR) is 225 cm³/mol. The van der Waals surface area contributed by atoms with Crippen LogP contribution in [-0.2, 0) is 0 Å². The lowest BCUT2D eigenvalue weighted by atomic mass is 10.00. The van der Waals surface area contributed by atoms with Crippen molar-refractivity contribution in [3.8, 4) is 56.9 Å². The highest BCUT2D eigenvalue weighted by molar-refractivity contribution is 6.13. The summed E-state index contributed by atoms with van der Waals surface area (Å²) in [6, 6.07) is 57.7. The second kappa shape index (κ2) is 13.0. The average molecular weight is 713 g/mol. The van der Waals surface area contributed by atoms with Crippen molar-refractivity contribution in [3.05, 3.63) is 193 Å². The topological polar surface area (TPSA) is 74.7 Å². The highest BCUT2D eigenvalue weighted by Gasteiger charge is 2.23. The predicted octanol–water partition coefficient (Wildman–Crippen LogP) is 12.6. The largest absolute Gasteiger partial charge is 0.307 e. The first-order valence-electron chi connectivity index (χ1n) is 18.2. The molecule has 0 aliphatic heterocycles. The zero-order chi connectivity index (χ0) is 37.8. The number of nitrogens with zero attached hydrogens (tertiary/aromatic N) is 6. The standard InChI is InChI=1S/C50H28N6/c1-53-39-21-17-35(18-22-39)37-20-24-47-43(27-37)41-10-3-5-12-45(41)56(47)49-31-54-30-48(50(49)38-8-6-7-33(25-38)29-52)55-44-11-4-2-9-40(44)42-26-36(19-23-46(42)55)34-15-13-32(28-51)14-16-34/h2-27,30-31H. The molecule has 0 N–H and O–H groups in total. The van der Waals surface area contributed by atoms with Gasteiger partial charge in [0.05, 0.1) is 75.7 Å². The van der Waals surface area contributed by atoms with Gasteiger partial charge < -0.3 is 9.13 Å². The van der Waals surface area contributed by atoms with Gasteiger partial charge in [-0.05, 0) is 88.5 Å². The van der Waals surface area contributed by atoms with Crippen molar-refractivity contribution in [2.24, 2.45) is 0 Å². The van der Waals surface area contributed by atoms with Crippen molar-refractivity contribution >= 4 is 49.3 Å². The van der Waals surface area contributed by atoms with E-state index >= 15 is 0 Å². The maximum atomic E-state index is 10.1. The SMILES string of the molecule is [C-]#[N+]c1ccc(-c2ccc3c(c2)c2ccccc2n3-c2cncc(-n3c4ccccc4c4cc(-c5ccc(C#N)cc5)ccc43)c2-c2cccc(C#N)c2)cc1. The third-order valence-electron chi connectivity index (χ3n) is 10.7. The van der Waals surface area contributed by atoms with Crippen LogP contribution in [-0.4, -0.2) is 14.1 Å². The molecule has 0 amide bonds. The van der Waals surface area contributed by atoms with Gasteiger partial charge in [-0.2, -0.15) is 10.5 Å². The first-order valence-corrected chi connectivity index (χ1v) is 18.2. The summed E-state index contributed by atoms with van der Waals surface area (Å²) in [4.78, 5) is 8.53. The number of aromatic nitrogens is 3. The molecule has 258 valence electrons. The molecule has 3 heterocycles. The second-order valence-corrected chi connectivity index (χ2v) is 13.8. The Morgan fingerprint density at radius 1 is 0.446 bits per heavy atom. The summed E-state index contributed by atoms with van der Waals surface area (Å²) < 4.78 is 4.58. The third-order valence-corrected chi connectivity index (χ3v) is 10.7. The molecule has 10 aromatic rings. The van der Waals surface area contributed by atoms with Gasteiger partial charge in [-0.15, -0.1) is 0 Å². The first kappa shape index (κ1) is 32.4. The van der Waals surface area contributed by atoms with Gasteiger partial charge in [0, 0.05) is 27.1 Å². The molecule has 0 aliphatic carbocycles. The van der Waals surface area contributed by atoms with Crippen LogP contribution in [0.1, 0.15) is 11.1 Å². The van der Waals surface area contributed by atoms with Crippen molar-refractivity contribution in [1.29, 1.82) is 10.5 Å². The van der Waals surface area contributed by atoms with Crippen LogP contribution in [0.3, 0.4) is 0 Å². The normalized spacial score (nSPS) is 11.2. The van der Waals surface area contributed by atoms with Gasteiger partial charge in [0.25, 0.3) is 0 Å². The molecule has 0 spiro atoms. The molecule has 0 saturated heterocycles. The summed E-state index contributed by atoms with van der Waals surface area (Å²) in [6.07, 6.45) is 3.86. The van der Waals surface area contributed by atoms with Gasteiger partial charge in [0.2, 0.25) is 0 Å². The van der Waals surface area contributed by atoms with Crippen molar-refractivity contribution in [1.82, 2.24) is 14.1 Å². The Kier molecular flexibility index (Phi) is 7.53. The Bertz CT molecular complexity index is 3130. The van der Waals surface area contributed by atoms with Gasteiger partial charge in [-0.1, -0.05) is 97.1 Å². The van der Waals surface area contributed by atoms with Gasteiger partial charge in [0.1, 0.15) is 0 Å². The van der Waals surface area contributed by atoms with E-state index in [2.05, 4.69) is 117 Å². The minimum absolute atomic E-state index is 0.571. The van der Waals surface area contributed by atoms with E-state index in [1.165, 1.54) is 0 Å². The van der Waals surface area contributed by atoms with E-state index < -0.39 is 0 Å². The summed E-state index contributed by atoms with van der Waals surface area (Å²) in [7, 11) is 0. The molecular formula is C50H28N6. The van der Waals surface area contributed by atoms with E-state index in [1.54, 1.807) is 0 Å². The molecule has 0 unspecified atom stereocenters. The zero-order valence-corrected chi connectivity index (χ0v) is 29.8. The van der Waals surface area contributed by atoms with Crippen LogP contribution in [0.5, 0.6) is 0 Å². The first-order chi connectivity index (χ1) is 27.6. The number of para-hydroxylation sites is 2. The minimum Gasteiger partial charge on any atom is -0.307 e. The number of hydrogen-bond donors (Lipinski definition) is 0. The fourth-order valence-electron chi connectivity index (χ4n) is 8.11. The van der Waals surface area contributed by atoms with E-state index in [-0.39, 0.29) is 0 Å². The van der Waals surface area contributed by atoms with E-state index in [9.17, 15) is 10.5 Å². The highest BCUT2D eigenvalue weighted by Crippen LogP contribution is 2.43. The Balaban J connectivity index is 1.26. The molecule has 0 aliphatic rings. The molecule has 0 bridgehead atoms. The van der Waals surface area contributed by atoms with Gasteiger partial charge in [-0.25, -0.2) is 4.85 Å². The fourth-order valence-corrected chi connectivity index (χ4v) is 8.11. The fraction of sp³-hybridized carbons (Fsp3) is 0. The van der Waals surface area contributed by atoms with Crippen molar-refractivity contribution in [2.75, 3.05) is 0 Å². The Hall–Kier alpha value is -8.24. The van der Waals surface area contributed by atoms with Crippen LogP contribution in [0.15, 0.2) is 170 Å². The quantitative estimate of drug-likeness (QED) is 0.167. The zero-order valence-electron chi connectivity index (χ0n) is 29.8. The summed E-state index contributed by atoms with van der Waals surface area (Å²) in [5.74, 6) is 0. The van der Waals surface area contributed by atoms with Crippen molar-refractivity contribution in [2.45, 2.75) is 0 Å². The van der Waals surface area contributed by atoms with Gasteiger partial charge in [-0.3, -0.25) is 4.98 Å². The van der Waals surface area contributed by atoms with Crippen LogP contribution in [0.25, 0.3) is 93.2 Å². The van der Waals surface area contributed by atoms with Crippen molar-refractivity contribution in [3.63, 3.8) is 0 Å². The van der Waals surface area contributed by atoms with Crippen LogP contribution >= 0.6 is 0 Å². The highest BCUT2D eigenvalue weighted by atomic mass is 15.0. The molecule has 56 heavy (non-hydrogen) atoms. The molecule has 0 fully saturated rings. The van der Waals surface area contributed by atoms with E-state index in [1.807, 2.05) is 79.1 Å². The smallest absolute Gasteiger partial charge is 0.187 e. The molecule has 6 nitrogen and oxygen atoms in total. The number of benzene rings is 7. The number of pyridine rings is 1. The molecule has 0 saturated carbocycles. The number of fused-ring (bicyclic) bond motifs is 6. The van der Waals surface area contributed by atoms with Gasteiger partial charge in [0.15, 0.2) is 5.69 Å². The maximum Gasteiger partial charge on any atom is 0.187 e. The lowest BCUT2D eigenvalue weighted by molar-refractivity contribution is 1.09. The summed E-state index contributed by atoms with van der Waals surface area (Å²) >= 11 is 0. The van der Waals surface area contributed by atoms with Crippen LogP contribution in [0.2, 0.25) is 0 Å². The molecule has 0 atom stereocenters. The molecule has 3 aromatic heterocycles. The lowest BCUT2D eigenvalue weighted by Crippen LogP contribution is -2.05. The molecule has 7 aromatic carbocycles. The Morgan fingerprint density at radius 3 is 1.48 bits per heavy atom. The number of nitriles is 2. The summed E-state index contributed by atoms with van der Waals surface area (Å²) in [5, 5.41) is 23.9. The Morgan fingerprint density at radius 2 is 0.946 bits per heavy atom. The van der Waals surface area contributed by atoms with Crippen LogP contribution in [0, 0.1) is 29.2 Å². The summed E-state index contributed by atoms with van der Waals surface area (Å²) in [5.41, 5.74) is 13.8. The summed E-state index contributed by atoms with van der Waals surface area (Å²) in [6.45, 7) is 7.39. The van der Waals surface area contributed by atoms with Gasteiger partial charge >= 0.3 is 0 Å². The molecular weight excluding hydrogens is 685 g/mol. The lowest BCUT2D eigenvalue weighted by Gasteiger charge is -2.19. The third kappa shape index (κ3) is 5.12. The van der Waals surface area contributed by atoms with E-state index in [0.717, 1.165) is 88.4 Å². The minimum atomic E-state index is 0.571. The van der Waals surface area contributed by atoms with Crippen molar-refractivity contribution < 1.29 is 0 Å². The van der Waals surface area contributed by atoms with Crippen LogP contribution < -0.4 is 0 Å². The molecule has 0 radical (unpaired) electrons.